The molecular weight excluding hydrogens is 228 g/mol. The van der Waals surface area contributed by atoms with Crippen molar-refractivity contribution in [1.82, 2.24) is 5.32 Å². The fourth-order valence-electron chi connectivity index (χ4n) is 1.47. The number of carbonyl (C=O) groups is 1. The van der Waals surface area contributed by atoms with Gasteiger partial charge < -0.3 is 15.8 Å². The molecule has 4 heteroatoms. The van der Waals surface area contributed by atoms with E-state index in [4.69, 9.17) is 10.5 Å². The molecule has 1 rings (SSSR count). The molecule has 4 nitrogen and oxygen atoms in total. The van der Waals surface area contributed by atoms with E-state index in [2.05, 4.69) is 5.32 Å². The molecule has 0 saturated heterocycles. The van der Waals surface area contributed by atoms with Crippen molar-refractivity contribution in [3.63, 3.8) is 0 Å². The average molecular weight is 250 g/mol. The van der Waals surface area contributed by atoms with Gasteiger partial charge in [-0.1, -0.05) is 12.1 Å². The van der Waals surface area contributed by atoms with Crippen molar-refractivity contribution < 1.29 is 9.53 Å². The largest absolute Gasteiger partial charge is 0.479 e. The van der Waals surface area contributed by atoms with E-state index >= 15 is 0 Å². The van der Waals surface area contributed by atoms with Crippen LogP contribution in [0.2, 0.25) is 0 Å². The van der Waals surface area contributed by atoms with Gasteiger partial charge in [0.25, 0.3) is 5.91 Å². The van der Waals surface area contributed by atoms with E-state index in [9.17, 15) is 4.79 Å². The lowest BCUT2D eigenvalue weighted by molar-refractivity contribution is -0.128. The normalized spacial score (nSPS) is 12.9. The zero-order chi connectivity index (χ0) is 13.9. The van der Waals surface area contributed by atoms with Crippen LogP contribution in [0.3, 0.4) is 0 Å². The number of nitrogens with one attached hydrogen (secondary N) is 1. The Labute approximate surface area is 109 Å². The molecule has 0 heterocycles. The molecule has 0 aliphatic rings. The topological polar surface area (TPSA) is 64.3 Å². The molecule has 1 atom stereocenters. The minimum atomic E-state index is -0.576. The molecule has 0 aliphatic heterocycles. The van der Waals surface area contributed by atoms with Gasteiger partial charge in [0, 0.05) is 5.54 Å². The molecule has 0 fully saturated rings. The number of amides is 1. The summed E-state index contributed by atoms with van der Waals surface area (Å²) in [6, 6.07) is 5.53. The number of hydrogen-bond acceptors (Lipinski definition) is 3. The van der Waals surface area contributed by atoms with Crippen LogP contribution in [0.4, 0.5) is 5.69 Å². The molecule has 100 valence electrons. The van der Waals surface area contributed by atoms with Crippen molar-refractivity contribution in [2.75, 3.05) is 5.73 Å². The molecule has 0 aliphatic carbocycles. The van der Waals surface area contributed by atoms with Gasteiger partial charge in [-0.25, -0.2) is 0 Å². The lowest BCUT2D eigenvalue weighted by Crippen LogP contribution is -2.46. The molecule has 0 aromatic heterocycles. The average Bonchev–Trinajstić information content (AvgIpc) is 2.22. The first kappa shape index (κ1) is 14.4. The van der Waals surface area contributed by atoms with Crippen molar-refractivity contribution in [2.24, 2.45) is 0 Å². The van der Waals surface area contributed by atoms with E-state index in [0.717, 1.165) is 5.56 Å². The minimum absolute atomic E-state index is 0.150. The third-order valence-electron chi connectivity index (χ3n) is 2.46. The van der Waals surface area contributed by atoms with Crippen molar-refractivity contribution in [3.05, 3.63) is 23.8 Å². The van der Waals surface area contributed by atoms with Crippen LogP contribution in [0.1, 0.15) is 33.3 Å². The number of carbonyl (C=O) groups excluding carboxylic acids is 1. The molecule has 18 heavy (non-hydrogen) atoms. The van der Waals surface area contributed by atoms with Crippen LogP contribution in [0, 0.1) is 6.92 Å². The quantitative estimate of drug-likeness (QED) is 0.809. The number of nitrogens with two attached hydrogens (primary N) is 1. The SMILES string of the molecule is Cc1cccc(OC(C)C(=O)NC(C)(C)C)c1N. The van der Waals surface area contributed by atoms with Gasteiger partial charge in [-0.05, 0) is 46.2 Å². The van der Waals surface area contributed by atoms with Gasteiger partial charge in [0.2, 0.25) is 0 Å². The predicted molar refractivity (Wildman–Crippen MR) is 73.6 cm³/mol. The van der Waals surface area contributed by atoms with Crippen molar-refractivity contribution in [1.29, 1.82) is 0 Å². The molecule has 0 saturated carbocycles. The Balaban J connectivity index is 2.73. The van der Waals surface area contributed by atoms with Gasteiger partial charge >= 0.3 is 0 Å². The highest BCUT2D eigenvalue weighted by Gasteiger charge is 2.21. The summed E-state index contributed by atoms with van der Waals surface area (Å²) in [7, 11) is 0. The summed E-state index contributed by atoms with van der Waals surface area (Å²) < 4.78 is 5.60. The van der Waals surface area contributed by atoms with Gasteiger partial charge in [0.15, 0.2) is 6.10 Å². The van der Waals surface area contributed by atoms with Crippen molar-refractivity contribution >= 4 is 11.6 Å². The maximum atomic E-state index is 11.9. The van der Waals surface area contributed by atoms with Crippen LogP contribution in [-0.4, -0.2) is 17.6 Å². The third kappa shape index (κ3) is 3.95. The van der Waals surface area contributed by atoms with Crippen LogP contribution >= 0.6 is 0 Å². The summed E-state index contributed by atoms with van der Waals surface area (Å²) >= 11 is 0. The highest BCUT2D eigenvalue weighted by Crippen LogP contribution is 2.25. The first-order valence-electron chi connectivity index (χ1n) is 6.04. The lowest BCUT2D eigenvalue weighted by Gasteiger charge is -2.24. The van der Waals surface area contributed by atoms with Crippen LogP contribution in [0.15, 0.2) is 18.2 Å². The fourth-order valence-corrected chi connectivity index (χ4v) is 1.47. The first-order chi connectivity index (χ1) is 8.20. The molecule has 0 bridgehead atoms. The summed E-state index contributed by atoms with van der Waals surface area (Å²) in [5, 5.41) is 2.87. The summed E-state index contributed by atoms with van der Waals surface area (Å²) in [5.41, 5.74) is 7.15. The Kier molecular flexibility index (Phi) is 4.22. The van der Waals surface area contributed by atoms with Crippen LogP contribution < -0.4 is 15.8 Å². The van der Waals surface area contributed by atoms with E-state index in [1.807, 2.05) is 39.8 Å². The number of rotatable bonds is 3. The van der Waals surface area contributed by atoms with E-state index < -0.39 is 6.10 Å². The Morgan fingerprint density at radius 3 is 2.56 bits per heavy atom. The van der Waals surface area contributed by atoms with E-state index in [-0.39, 0.29) is 11.4 Å². The fraction of sp³-hybridized carbons (Fsp3) is 0.500. The van der Waals surface area contributed by atoms with Gasteiger partial charge in [0.1, 0.15) is 5.75 Å². The molecule has 1 aromatic carbocycles. The number of anilines is 1. The Bertz CT molecular complexity index is 436. The molecular formula is C14H22N2O2. The van der Waals surface area contributed by atoms with Crippen molar-refractivity contribution in [3.8, 4) is 5.75 Å². The summed E-state index contributed by atoms with van der Waals surface area (Å²) in [6.45, 7) is 9.40. The second-order valence-corrected chi connectivity index (χ2v) is 5.49. The maximum absolute atomic E-state index is 11.9. The van der Waals surface area contributed by atoms with Gasteiger partial charge in [-0.2, -0.15) is 0 Å². The smallest absolute Gasteiger partial charge is 0.261 e. The van der Waals surface area contributed by atoms with E-state index in [1.165, 1.54) is 0 Å². The van der Waals surface area contributed by atoms with Crippen LogP contribution in [-0.2, 0) is 4.79 Å². The molecule has 1 amide bonds. The van der Waals surface area contributed by atoms with E-state index in [0.29, 0.717) is 11.4 Å². The second-order valence-electron chi connectivity index (χ2n) is 5.49. The molecule has 0 spiro atoms. The predicted octanol–water partition coefficient (Wildman–Crippen LogP) is 2.26. The third-order valence-corrected chi connectivity index (χ3v) is 2.46. The zero-order valence-corrected chi connectivity index (χ0v) is 11.7. The van der Waals surface area contributed by atoms with Gasteiger partial charge in [-0.3, -0.25) is 4.79 Å². The Morgan fingerprint density at radius 2 is 2.00 bits per heavy atom. The van der Waals surface area contributed by atoms with E-state index in [1.54, 1.807) is 13.0 Å². The first-order valence-corrected chi connectivity index (χ1v) is 6.04. The molecule has 1 aromatic rings. The summed E-state index contributed by atoms with van der Waals surface area (Å²) in [5.74, 6) is 0.398. The Morgan fingerprint density at radius 1 is 1.39 bits per heavy atom. The number of para-hydroxylation sites is 1. The highest BCUT2D eigenvalue weighted by atomic mass is 16.5. The highest BCUT2D eigenvalue weighted by molar-refractivity contribution is 5.81. The monoisotopic (exact) mass is 250 g/mol. The second kappa shape index (κ2) is 5.29. The number of aryl methyl sites for hydroxylation is 1. The molecule has 3 N–H and O–H groups in total. The number of nitrogen functional groups attached to an aromatic ring is 1. The Hall–Kier alpha value is -1.71. The van der Waals surface area contributed by atoms with Crippen molar-refractivity contribution in [2.45, 2.75) is 46.3 Å². The zero-order valence-electron chi connectivity index (χ0n) is 11.7. The number of benzene rings is 1. The number of hydrogen-bond donors (Lipinski definition) is 2. The van der Waals surface area contributed by atoms with Crippen LogP contribution in [0.25, 0.3) is 0 Å². The summed E-state index contributed by atoms with van der Waals surface area (Å²) in [4.78, 5) is 11.9. The summed E-state index contributed by atoms with van der Waals surface area (Å²) in [6.07, 6.45) is -0.576. The van der Waals surface area contributed by atoms with Gasteiger partial charge in [0.05, 0.1) is 5.69 Å². The van der Waals surface area contributed by atoms with Gasteiger partial charge in [-0.15, -0.1) is 0 Å². The molecule has 0 radical (unpaired) electrons. The standard InChI is InChI=1S/C14H22N2O2/c1-9-7-6-8-11(12(9)15)18-10(2)13(17)16-14(3,4)5/h6-8,10H,15H2,1-5H3,(H,16,17). The molecule has 1 unspecified atom stereocenters. The number of ether oxygens (including phenoxy) is 1. The maximum Gasteiger partial charge on any atom is 0.261 e. The lowest BCUT2D eigenvalue weighted by atomic mass is 10.1. The minimum Gasteiger partial charge on any atom is -0.479 e. The van der Waals surface area contributed by atoms with Crippen LogP contribution in [0.5, 0.6) is 5.75 Å².